The highest BCUT2D eigenvalue weighted by Crippen LogP contribution is 2.16. The van der Waals surface area contributed by atoms with Crippen molar-refractivity contribution in [1.29, 1.82) is 0 Å². The molecule has 0 atom stereocenters. The van der Waals surface area contributed by atoms with Crippen molar-refractivity contribution in [1.82, 2.24) is 5.32 Å². The molecule has 1 amide bonds. The zero-order valence-electron chi connectivity index (χ0n) is 14.5. The molecular weight excluding hydrogens is 324 g/mol. The lowest BCUT2D eigenvalue weighted by atomic mass is 10.2. The van der Waals surface area contributed by atoms with E-state index in [9.17, 15) is 4.79 Å². The van der Waals surface area contributed by atoms with E-state index in [1.807, 2.05) is 84.9 Å². The van der Waals surface area contributed by atoms with Crippen LogP contribution in [0.15, 0.2) is 84.9 Å². The molecule has 132 valence electrons. The number of carbonyl (C=O) groups is 1. The smallest absolute Gasteiger partial charge is 0.239 e. The summed E-state index contributed by atoms with van der Waals surface area (Å²) < 4.78 is 5.75. The van der Waals surface area contributed by atoms with Crippen molar-refractivity contribution < 1.29 is 9.53 Å². The Morgan fingerprint density at radius 3 is 2.04 bits per heavy atom. The minimum absolute atomic E-state index is 0.0433. The third-order valence-electron chi connectivity index (χ3n) is 3.89. The molecule has 0 spiro atoms. The van der Waals surface area contributed by atoms with Crippen LogP contribution in [0, 0.1) is 0 Å². The Labute approximate surface area is 153 Å². The molecule has 0 aliphatic carbocycles. The third kappa shape index (κ3) is 5.67. The van der Waals surface area contributed by atoms with E-state index in [0.717, 1.165) is 22.6 Å². The van der Waals surface area contributed by atoms with Crippen molar-refractivity contribution in [2.75, 3.05) is 11.9 Å². The van der Waals surface area contributed by atoms with Gasteiger partial charge in [-0.2, -0.15) is 0 Å². The summed E-state index contributed by atoms with van der Waals surface area (Å²) in [6, 6.07) is 27.5. The van der Waals surface area contributed by atoms with Crippen molar-refractivity contribution in [3.05, 3.63) is 96.1 Å². The first-order valence-electron chi connectivity index (χ1n) is 8.61. The Morgan fingerprint density at radius 1 is 0.769 bits per heavy atom. The molecule has 3 rings (SSSR count). The number of nitrogens with one attached hydrogen (secondary N) is 2. The lowest BCUT2D eigenvalue weighted by Crippen LogP contribution is -2.29. The van der Waals surface area contributed by atoms with E-state index in [4.69, 9.17) is 4.74 Å². The van der Waals surface area contributed by atoms with Gasteiger partial charge >= 0.3 is 0 Å². The quantitative estimate of drug-likeness (QED) is 0.648. The van der Waals surface area contributed by atoms with Crippen molar-refractivity contribution >= 4 is 11.6 Å². The predicted molar refractivity (Wildman–Crippen MR) is 104 cm³/mol. The van der Waals surface area contributed by atoms with Gasteiger partial charge in [-0.1, -0.05) is 60.7 Å². The Bertz CT molecular complexity index is 803. The van der Waals surface area contributed by atoms with Gasteiger partial charge in [-0.25, -0.2) is 0 Å². The summed E-state index contributed by atoms with van der Waals surface area (Å²) in [5.74, 6) is 0.756. The summed E-state index contributed by atoms with van der Waals surface area (Å²) in [6.45, 7) is 1.31. The average Bonchev–Trinajstić information content (AvgIpc) is 2.71. The molecule has 0 aliphatic heterocycles. The second-order valence-corrected chi connectivity index (χ2v) is 5.91. The maximum Gasteiger partial charge on any atom is 0.239 e. The van der Waals surface area contributed by atoms with Gasteiger partial charge in [0.05, 0.1) is 6.54 Å². The van der Waals surface area contributed by atoms with Gasteiger partial charge < -0.3 is 15.4 Å². The number of rotatable bonds is 8. The van der Waals surface area contributed by atoms with Crippen LogP contribution in [0.3, 0.4) is 0 Å². The van der Waals surface area contributed by atoms with Gasteiger partial charge in [0.15, 0.2) is 0 Å². The molecule has 0 radical (unpaired) electrons. The van der Waals surface area contributed by atoms with E-state index in [0.29, 0.717) is 13.2 Å². The van der Waals surface area contributed by atoms with E-state index in [-0.39, 0.29) is 12.5 Å². The zero-order chi connectivity index (χ0) is 18.0. The van der Waals surface area contributed by atoms with Crippen molar-refractivity contribution in [3.8, 4) is 5.75 Å². The van der Waals surface area contributed by atoms with Crippen molar-refractivity contribution in [2.24, 2.45) is 0 Å². The highest BCUT2D eigenvalue weighted by atomic mass is 16.5. The summed E-state index contributed by atoms with van der Waals surface area (Å²) in [5, 5.41) is 6.01. The van der Waals surface area contributed by atoms with Gasteiger partial charge in [0.25, 0.3) is 0 Å². The Morgan fingerprint density at radius 2 is 1.38 bits per heavy atom. The minimum atomic E-state index is -0.0433. The second kappa shape index (κ2) is 9.28. The second-order valence-electron chi connectivity index (χ2n) is 5.91. The molecule has 0 fully saturated rings. The zero-order valence-corrected chi connectivity index (χ0v) is 14.5. The number of hydrogen-bond donors (Lipinski definition) is 2. The molecule has 0 aromatic heterocycles. The molecule has 0 aliphatic rings. The number of anilines is 1. The van der Waals surface area contributed by atoms with Gasteiger partial charge in [0, 0.05) is 12.2 Å². The molecule has 0 unspecified atom stereocenters. The van der Waals surface area contributed by atoms with Gasteiger partial charge in [-0.3, -0.25) is 4.79 Å². The molecule has 0 saturated carbocycles. The number of ether oxygens (including phenoxy) is 1. The van der Waals surface area contributed by atoms with Crippen LogP contribution in [-0.2, 0) is 17.9 Å². The SMILES string of the molecule is O=C(CNc1ccc(OCc2ccccc2)cc1)NCc1ccccc1. The van der Waals surface area contributed by atoms with Gasteiger partial charge in [-0.15, -0.1) is 0 Å². The summed E-state index contributed by atoms with van der Waals surface area (Å²) >= 11 is 0. The Balaban J connectivity index is 1.40. The summed E-state index contributed by atoms with van der Waals surface area (Å²) in [5.41, 5.74) is 3.09. The first-order chi connectivity index (χ1) is 12.8. The lowest BCUT2D eigenvalue weighted by Gasteiger charge is -2.10. The van der Waals surface area contributed by atoms with E-state index in [2.05, 4.69) is 10.6 Å². The normalized spacial score (nSPS) is 10.2. The fourth-order valence-corrected chi connectivity index (χ4v) is 2.45. The molecule has 3 aromatic carbocycles. The maximum atomic E-state index is 11.9. The molecule has 26 heavy (non-hydrogen) atoms. The first-order valence-corrected chi connectivity index (χ1v) is 8.61. The number of amides is 1. The highest BCUT2D eigenvalue weighted by Gasteiger charge is 2.02. The van der Waals surface area contributed by atoms with Crippen LogP contribution < -0.4 is 15.4 Å². The molecule has 4 heteroatoms. The van der Waals surface area contributed by atoms with E-state index < -0.39 is 0 Å². The maximum absolute atomic E-state index is 11.9. The molecule has 0 saturated heterocycles. The summed E-state index contributed by atoms with van der Waals surface area (Å²) in [4.78, 5) is 11.9. The summed E-state index contributed by atoms with van der Waals surface area (Å²) in [7, 11) is 0. The largest absolute Gasteiger partial charge is 0.489 e. The number of carbonyl (C=O) groups excluding carboxylic acids is 1. The van der Waals surface area contributed by atoms with Crippen LogP contribution in [0.4, 0.5) is 5.69 Å². The topological polar surface area (TPSA) is 50.4 Å². The minimum Gasteiger partial charge on any atom is -0.489 e. The first kappa shape index (κ1) is 17.5. The molecule has 3 aromatic rings. The Kier molecular flexibility index (Phi) is 6.26. The van der Waals surface area contributed by atoms with Crippen molar-refractivity contribution in [2.45, 2.75) is 13.2 Å². The van der Waals surface area contributed by atoms with Crippen LogP contribution >= 0.6 is 0 Å². The standard InChI is InChI=1S/C22H22N2O2/c25-22(24-15-18-7-3-1-4-8-18)16-23-20-11-13-21(14-12-20)26-17-19-9-5-2-6-10-19/h1-14,23H,15-17H2,(H,24,25). The van der Waals surface area contributed by atoms with Crippen LogP contribution in [0.2, 0.25) is 0 Å². The van der Waals surface area contributed by atoms with Gasteiger partial charge in [-0.05, 0) is 35.4 Å². The average molecular weight is 346 g/mol. The molecule has 2 N–H and O–H groups in total. The fourth-order valence-electron chi connectivity index (χ4n) is 2.45. The summed E-state index contributed by atoms with van der Waals surface area (Å²) in [6.07, 6.45) is 0. The van der Waals surface area contributed by atoms with E-state index in [1.165, 1.54) is 0 Å². The number of hydrogen-bond acceptors (Lipinski definition) is 3. The van der Waals surface area contributed by atoms with Crippen molar-refractivity contribution in [3.63, 3.8) is 0 Å². The monoisotopic (exact) mass is 346 g/mol. The highest BCUT2D eigenvalue weighted by molar-refractivity contribution is 5.80. The van der Waals surface area contributed by atoms with Crippen LogP contribution in [-0.4, -0.2) is 12.5 Å². The van der Waals surface area contributed by atoms with E-state index >= 15 is 0 Å². The fraction of sp³-hybridized carbons (Fsp3) is 0.136. The molecule has 4 nitrogen and oxygen atoms in total. The van der Waals surface area contributed by atoms with Crippen LogP contribution in [0.25, 0.3) is 0 Å². The van der Waals surface area contributed by atoms with Gasteiger partial charge in [0.2, 0.25) is 5.91 Å². The van der Waals surface area contributed by atoms with E-state index in [1.54, 1.807) is 0 Å². The Hall–Kier alpha value is -3.27. The molecule has 0 bridgehead atoms. The molecule has 0 heterocycles. The number of benzene rings is 3. The third-order valence-corrected chi connectivity index (χ3v) is 3.89. The predicted octanol–water partition coefficient (Wildman–Crippen LogP) is 3.99. The van der Waals surface area contributed by atoms with Gasteiger partial charge in [0.1, 0.15) is 12.4 Å². The molecular formula is C22H22N2O2. The van der Waals surface area contributed by atoms with Crippen LogP contribution in [0.1, 0.15) is 11.1 Å². The van der Waals surface area contributed by atoms with Crippen LogP contribution in [0.5, 0.6) is 5.75 Å². The lowest BCUT2D eigenvalue weighted by molar-refractivity contribution is -0.119.